The van der Waals surface area contributed by atoms with Gasteiger partial charge in [-0.15, -0.1) is 0 Å². The summed E-state index contributed by atoms with van der Waals surface area (Å²) in [6.45, 7) is 1.45. The maximum Gasteiger partial charge on any atom is 0.261 e. The minimum atomic E-state index is -3.81. The van der Waals surface area contributed by atoms with Crippen LogP contribution in [0.3, 0.4) is 0 Å². The monoisotopic (exact) mass is 309 g/mol. The summed E-state index contributed by atoms with van der Waals surface area (Å²) in [5.74, 6) is -0.635. The second-order valence-electron chi connectivity index (χ2n) is 4.57. The van der Waals surface area contributed by atoms with Gasteiger partial charge in [0.25, 0.3) is 10.0 Å². The van der Waals surface area contributed by atoms with E-state index in [1.54, 1.807) is 12.1 Å². The van der Waals surface area contributed by atoms with Crippen molar-refractivity contribution >= 4 is 15.7 Å². The van der Waals surface area contributed by atoms with Crippen LogP contribution in [0.25, 0.3) is 0 Å². The molecule has 2 N–H and O–H groups in total. The van der Waals surface area contributed by atoms with E-state index in [-0.39, 0.29) is 10.5 Å². The Hall–Kier alpha value is -1.92. The minimum Gasteiger partial charge on any atom is -0.392 e. The average molecular weight is 309 g/mol. The second kappa shape index (κ2) is 6.24. The fourth-order valence-corrected chi connectivity index (χ4v) is 2.97. The van der Waals surface area contributed by atoms with Gasteiger partial charge in [0.15, 0.2) is 0 Å². The molecule has 0 fully saturated rings. The zero-order valence-electron chi connectivity index (χ0n) is 11.5. The van der Waals surface area contributed by atoms with E-state index in [9.17, 15) is 12.8 Å². The lowest BCUT2D eigenvalue weighted by molar-refractivity contribution is 0.275. The first-order valence-electron chi connectivity index (χ1n) is 6.47. The number of hydrogen-bond acceptors (Lipinski definition) is 3. The predicted octanol–water partition coefficient (Wildman–Crippen LogP) is 2.68. The third-order valence-electron chi connectivity index (χ3n) is 3.11. The molecule has 2 rings (SSSR count). The third kappa shape index (κ3) is 3.59. The first kappa shape index (κ1) is 15.5. The standard InChI is InChI=1S/C15H16FNO3S/c1-2-11-3-5-13(6-4-11)17-21(19,20)14-7-8-15(16)12(9-14)10-18/h3-9,17-18H,2,10H2,1H3. The van der Waals surface area contributed by atoms with Gasteiger partial charge in [0.2, 0.25) is 0 Å². The number of aliphatic hydroxyl groups excluding tert-OH is 1. The van der Waals surface area contributed by atoms with E-state index >= 15 is 0 Å². The molecule has 0 aliphatic carbocycles. The Bertz CT molecular complexity index is 727. The van der Waals surface area contributed by atoms with Crippen molar-refractivity contribution in [3.8, 4) is 0 Å². The highest BCUT2D eigenvalue weighted by Gasteiger charge is 2.16. The van der Waals surface area contributed by atoms with Gasteiger partial charge in [0.05, 0.1) is 11.5 Å². The number of benzene rings is 2. The maximum absolute atomic E-state index is 13.3. The molecule has 0 unspecified atom stereocenters. The molecule has 21 heavy (non-hydrogen) atoms. The maximum atomic E-state index is 13.3. The first-order chi connectivity index (χ1) is 9.96. The van der Waals surface area contributed by atoms with Crippen LogP contribution < -0.4 is 4.72 Å². The Balaban J connectivity index is 2.29. The summed E-state index contributed by atoms with van der Waals surface area (Å²) in [6.07, 6.45) is 0.866. The Morgan fingerprint density at radius 2 is 1.81 bits per heavy atom. The molecule has 0 aliphatic rings. The normalized spacial score (nSPS) is 11.4. The van der Waals surface area contributed by atoms with Crippen LogP contribution in [0.15, 0.2) is 47.4 Å². The lowest BCUT2D eigenvalue weighted by Crippen LogP contribution is -2.13. The molecule has 0 saturated carbocycles. The summed E-state index contributed by atoms with van der Waals surface area (Å²) >= 11 is 0. The van der Waals surface area contributed by atoms with Gasteiger partial charge in [-0.3, -0.25) is 4.72 Å². The van der Waals surface area contributed by atoms with Crippen LogP contribution in [-0.2, 0) is 23.1 Å². The molecule has 112 valence electrons. The molecule has 0 aliphatic heterocycles. The van der Waals surface area contributed by atoms with Crippen LogP contribution in [0.1, 0.15) is 18.1 Å². The third-order valence-corrected chi connectivity index (χ3v) is 4.49. The number of sulfonamides is 1. The molecular formula is C15H16FNO3S. The Morgan fingerprint density at radius 3 is 2.38 bits per heavy atom. The second-order valence-corrected chi connectivity index (χ2v) is 6.25. The van der Waals surface area contributed by atoms with Crippen molar-refractivity contribution in [2.45, 2.75) is 24.8 Å². The molecular weight excluding hydrogens is 293 g/mol. The lowest BCUT2D eigenvalue weighted by Gasteiger charge is -2.10. The zero-order chi connectivity index (χ0) is 15.5. The van der Waals surface area contributed by atoms with Gasteiger partial charge in [0.1, 0.15) is 5.82 Å². The topological polar surface area (TPSA) is 66.4 Å². The summed E-state index contributed by atoms with van der Waals surface area (Å²) < 4.78 is 40.2. The van der Waals surface area contributed by atoms with E-state index in [2.05, 4.69) is 4.72 Å². The van der Waals surface area contributed by atoms with Gasteiger partial charge in [0, 0.05) is 11.3 Å². The van der Waals surface area contributed by atoms with Crippen molar-refractivity contribution in [3.05, 3.63) is 59.4 Å². The number of hydrogen-bond donors (Lipinski definition) is 2. The highest BCUT2D eigenvalue weighted by molar-refractivity contribution is 7.92. The summed E-state index contributed by atoms with van der Waals surface area (Å²) in [5, 5.41) is 9.00. The van der Waals surface area contributed by atoms with Gasteiger partial charge < -0.3 is 5.11 Å². The van der Waals surface area contributed by atoms with E-state index in [0.717, 1.165) is 30.2 Å². The Kier molecular flexibility index (Phi) is 4.59. The lowest BCUT2D eigenvalue weighted by atomic mass is 10.2. The molecule has 2 aromatic carbocycles. The first-order valence-corrected chi connectivity index (χ1v) is 7.95. The van der Waals surface area contributed by atoms with Crippen molar-refractivity contribution in [1.29, 1.82) is 0 Å². The van der Waals surface area contributed by atoms with Crippen LogP contribution >= 0.6 is 0 Å². The van der Waals surface area contributed by atoms with E-state index in [1.807, 2.05) is 19.1 Å². The average Bonchev–Trinajstić information content (AvgIpc) is 2.48. The quantitative estimate of drug-likeness (QED) is 0.892. The molecule has 0 aromatic heterocycles. The van der Waals surface area contributed by atoms with Crippen molar-refractivity contribution in [1.82, 2.24) is 0 Å². The Labute approximate surface area is 123 Å². The fraction of sp³-hybridized carbons (Fsp3) is 0.200. The minimum absolute atomic E-state index is 0.0563. The van der Waals surface area contributed by atoms with Crippen molar-refractivity contribution in [2.75, 3.05) is 4.72 Å². The summed E-state index contributed by atoms with van der Waals surface area (Å²) in [4.78, 5) is -0.0903. The van der Waals surface area contributed by atoms with E-state index in [4.69, 9.17) is 5.11 Å². The molecule has 0 radical (unpaired) electrons. The highest BCUT2D eigenvalue weighted by Crippen LogP contribution is 2.19. The summed E-state index contributed by atoms with van der Waals surface area (Å²) in [7, 11) is -3.81. The molecule has 0 spiro atoms. The number of halogens is 1. The molecule has 0 amide bonds. The van der Waals surface area contributed by atoms with Crippen molar-refractivity contribution in [2.24, 2.45) is 0 Å². The van der Waals surface area contributed by atoms with Crippen LogP contribution in [-0.4, -0.2) is 13.5 Å². The SMILES string of the molecule is CCc1ccc(NS(=O)(=O)c2ccc(F)c(CO)c2)cc1. The summed E-state index contributed by atoms with van der Waals surface area (Å²) in [5.41, 5.74) is 1.48. The largest absolute Gasteiger partial charge is 0.392 e. The zero-order valence-corrected chi connectivity index (χ0v) is 12.3. The fourth-order valence-electron chi connectivity index (χ4n) is 1.86. The number of rotatable bonds is 5. The van der Waals surface area contributed by atoms with Crippen molar-refractivity contribution < 1.29 is 17.9 Å². The smallest absolute Gasteiger partial charge is 0.261 e. The molecule has 0 bridgehead atoms. The van der Waals surface area contributed by atoms with Gasteiger partial charge in [-0.1, -0.05) is 19.1 Å². The molecule has 6 heteroatoms. The van der Waals surface area contributed by atoms with Crippen LogP contribution in [0.4, 0.5) is 10.1 Å². The highest BCUT2D eigenvalue weighted by atomic mass is 32.2. The number of aryl methyl sites for hydroxylation is 1. The van der Waals surface area contributed by atoms with Crippen molar-refractivity contribution in [3.63, 3.8) is 0 Å². The number of nitrogens with one attached hydrogen (secondary N) is 1. The van der Waals surface area contributed by atoms with E-state index in [1.165, 1.54) is 0 Å². The molecule has 0 saturated heterocycles. The van der Waals surface area contributed by atoms with Gasteiger partial charge in [-0.05, 0) is 42.3 Å². The van der Waals surface area contributed by atoms with Crippen LogP contribution in [0, 0.1) is 5.82 Å². The van der Waals surface area contributed by atoms with Gasteiger partial charge in [-0.25, -0.2) is 12.8 Å². The molecule has 4 nitrogen and oxygen atoms in total. The van der Waals surface area contributed by atoms with Crippen LogP contribution in [0.5, 0.6) is 0 Å². The molecule has 0 atom stereocenters. The molecule has 0 heterocycles. The van der Waals surface area contributed by atoms with Gasteiger partial charge in [-0.2, -0.15) is 0 Å². The predicted molar refractivity (Wildman–Crippen MR) is 79.0 cm³/mol. The number of anilines is 1. The van der Waals surface area contributed by atoms with E-state index < -0.39 is 22.4 Å². The van der Waals surface area contributed by atoms with E-state index in [0.29, 0.717) is 5.69 Å². The number of aliphatic hydroxyl groups is 1. The van der Waals surface area contributed by atoms with Gasteiger partial charge >= 0.3 is 0 Å². The summed E-state index contributed by atoms with van der Waals surface area (Å²) in [6, 6.07) is 10.3. The Morgan fingerprint density at radius 1 is 1.14 bits per heavy atom. The molecule has 2 aromatic rings. The van der Waals surface area contributed by atoms with Crippen LogP contribution in [0.2, 0.25) is 0 Å².